The van der Waals surface area contributed by atoms with Crippen LogP contribution in [0.5, 0.6) is 5.75 Å². The highest BCUT2D eigenvalue weighted by Crippen LogP contribution is 2.24. The summed E-state index contributed by atoms with van der Waals surface area (Å²) in [6, 6.07) is 4.69. The average molecular weight is 170 g/mol. The van der Waals surface area contributed by atoms with Crippen molar-refractivity contribution in [2.24, 2.45) is 0 Å². The first kappa shape index (κ1) is 9.00. The number of rotatable bonds is 2. The molecule has 12 heavy (non-hydrogen) atoms. The van der Waals surface area contributed by atoms with E-state index in [9.17, 15) is 4.39 Å². The van der Waals surface area contributed by atoms with Crippen molar-refractivity contribution < 1.29 is 14.2 Å². The van der Waals surface area contributed by atoms with Gasteiger partial charge in [0.1, 0.15) is 0 Å². The number of hydrogen-bond donors (Lipinski definition) is 1. The monoisotopic (exact) mass is 170 g/mol. The van der Waals surface area contributed by atoms with Gasteiger partial charge in [0.2, 0.25) is 0 Å². The van der Waals surface area contributed by atoms with Gasteiger partial charge in [0, 0.05) is 5.56 Å². The van der Waals surface area contributed by atoms with Crippen LogP contribution in [0.4, 0.5) is 4.39 Å². The Balaban J connectivity index is 3.14. The molecular weight excluding hydrogens is 159 g/mol. The van der Waals surface area contributed by atoms with E-state index < -0.39 is 11.9 Å². The smallest absolute Gasteiger partial charge is 0.170 e. The fourth-order valence-electron chi connectivity index (χ4n) is 1.01. The van der Waals surface area contributed by atoms with Gasteiger partial charge >= 0.3 is 0 Å². The molecule has 1 unspecified atom stereocenters. The number of aliphatic hydroxyl groups is 1. The number of methoxy groups -OCH3 is 1. The fourth-order valence-corrected chi connectivity index (χ4v) is 1.01. The van der Waals surface area contributed by atoms with Crippen LogP contribution in [0.3, 0.4) is 0 Å². The summed E-state index contributed by atoms with van der Waals surface area (Å²) in [4.78, 5) is 0. The molecule has 0 fully saturated rings. The van der Waals surface area contributed by atoms with Crippen LogP contribution in [0.15, 0.2) is 18.2 Å². The largest absolute Gasteiger partial charge is 0.494 e. The van der Waals surface area contributed by atoms with Gasteiger partial charge in [0.05, 0.1) is 13.2 Å². The van der Waals surface area contributed by atoms with Crippen molar-refractivity contribution in [2.45, 2.75) is 13.0 Å². The minimum atomic E-state index is -0.805. The summed E-state index contributed by atoms with van der Waals surface area (Å²) >= 11 is 0. The highest BCUT2D eigenvalue weighted by atomic mass is 19.1. The molecule has 1 aromatic carbocycles. The van der Waals surface area contributed by atoms with E-state index in [0.29, 0.717) is 0 Å². The molecule has 0 spiro atoms. The van der Waals surface area contributed by atoms with Crippen molar-refractivity contribution in [3.63, 3.8) is 0 Å². The van der Waals surface area contributed by atoms with Crippen molar-refractivity contribution in [2.75, 3.05) is 7.11 Å². The number of halogens is 1. The van der Waals surface area contributed by atoms with E-state index in [-0.39, 0.29) is 11.3 Å². The summed E-state index contributed by atoms with van der Waals surface area (Å²) < 4.78 is 18.0. The SMILES string of the molecule is COc1cccc(C(C)O)c1F. The van der Waals surface area contributed by atoms with E-state index >= 15 is 0 Å². The summed E-state index contributed by atoms with van der Waals surface area (Å²) in [5, 5.41) is 9.13. The van der Waals surface area contributed by atoms with E-state index in [1.165, 1.54) is 26.2 Å². The van der Waals surface area contributed by atoms with Crippen molar-refractivity contribution in [1.82, 2.24) is 0 Å². The number of ether oxygens (including phenoxy) is 1. The summed E-state index contributed by atoms with van der Waals surface area (Å²) in [5.74, 6) is -0.330. The third-order valence-corrected chi connectivity index (χ3v) is 1.66. The molecule has 0 aliphatic rings. The van der Waals surface area contributed by atoms with Crippen molar-refractivity contribution in [1.29, 1.82) is 0 Å². The maximum absolute atomic E-state index is 13.2. The highest BCUT2D eigenvalue weighted by molar-refractivity contribution is 5.31. The summed E-state index contributed by atoms with van der Waals surface area (Å²) in [6.45, 7) is 1.51. The second-order valence-electron chi connectivity index (χ2n) is 2.54. The molecule has 3 heteroatoms. The molecule has 1 aromatic rings. The van der Waals surface area contributed by atoms with Crippen LogP contribution in [-0.2, 0) is 0 Å². The third-order valence-electron chi connectivity index (χ3n) is 1.66. The zero-order valence-corrected chi connectivity index (χ0v) is 7.04. The van der Waals surface area contributed by atoms with Crippen LogP contribution in [0.2, 0.25) is 0 Å². The summed E-state index contributed by atoms with van der Waals surface area (Å²) in [7, 11) is 1.39. The molecule has 1 atom stereocenters. The topological polar surface area (TPSA) is 29.5 Å². The van der Waals surface area contributed by atoms with Crippen molar-refractivity contribution >= 4 is 0 Å². The van der Waals surface area contributed by atoms with Gasteiger partial charge in [0.25, 0.3) is 0 Å². The van der Waals surface area contributed by atoms with Crippen LogP contribution < -0.4 is 4.74 Å². The minimum Gasteiger partial charge on any atom is -0.494 e. The van der Waals surface area contributed by atoms with Crippen molar-refractivity contribution in [3.8, 4) is 5.75 Å². The number of hydrogen-bond acceptors (Lipinski definition) is 2. The molecule has 0 saturated heterocycles. The molecule has 0 bridgehead atoms. The van der Waals surface area contributed by atoms with Gasteiger partial charge in [-0.15, -0.1) is 0 Å². The lowest BCUT2D eigenvalue weighted by Crippen LogP contribution is -1.98. The molecule has 0 saturated carbocycles. The Morgan fingerprint density at radius 3 is 2.67 bits per heavy atom. The Hall–Kier alpha value is -1.09. The van der Waals surface area contributed by atoms with Crippen LogP contribution in [0.25, 0.3) is 0 Å². The molecule has 1 N–H and O–H groups in total. The first-order valence-electron chi connectivity index (χ1n) is 3.67. The van der Waals surface area contributed by atoms with Gasteiger partial charge in [-0.25, -0.2) is 4.39 Å². The lowest BCUT2D eigenvalue weighted by atomic mass is 10.1. The van der Waals surface area contributed by atoms with Gasteiger partial charge in [-0.05, 0) is 13.0 Å². The molecule has 0 heterocycles. The first-order chi connectivity index (χ1) is 5.66. The predicted molar refractivity (Wildman–Crippen MR) is 43.6 cm³/mol. The zero-order valence-electron chi connectivity index (χ0n) is 7.04. The van der Waals surface area contributed by atoms with Gasteiger partial charge in [-0.2, -0.15) is 0 Å². The quantitative estimate of drug-likeness (QED) is 0.734. The minimum absolute atomic E-state index is 0.161. The normalized spacial score (nSPS) is 12.7. The Morgan fingerprint density at radius 1 is 1.50 bits per heavy atom. The molecular formula is C9H11FO2. The maximum Gasteiger partial charge on any atom is 0.170 e. The van der Waals surface area contributed by atoms with Crippen LogP contribution in [0, 0.1) is 5.82 Å². The zero-order chi connectivity index (χ0) is 9.14. The van der Waals surface area contributed by atoms with Crippen LogP contribution >= 0.6 is 0 Å². The Morgan fingerprint density at radius 2 is 2.17 bits per heavy atom. The molecule has 0 radical (unpaired) electrons. The Kier molecular flexibility index (Phi) is 2.65. The lowest BCUT2D eigenvalue weighted by Gasteiger charge is -2.08. The molecule has 1 rings (SSSR count). The molecule has 0 aliphatic carbocycles. The van der Waals surface area contributed by atoms with E-state index in [1.807, 2.05) is 0 Å². The molecule has 2 nitrogen and oxygen atoms in total. The maximum atomic E-state index is 13.2. The molecule has 0 aromatic heterocycles. The highest BCUT2D eigenvalue weighted by Gasteiger charge is 2.11. The third kappa shape index (κ3) is 1.56. The summed E-state index contributed by atoms with van der Waals surface area (Å²) in [6.07, 6.45) is -0.805. The van der Waals surface area contributed by atoms with Crippen molar-refractivity contribution in [3.05, 3.63) is 29.6 Å². The second kappa shape index (κ2) is 3.54. The second-order valence-corrected chi connectivity index (χ2v) is 2.54. The van der Waals surface area contributed by atoms with Crippen LogP contribution in [0.1, 0.15) is 18.6 Å². The van der Waals surface area contributed by atoms with Crippen LogP contribution in [-0.4, -0.2) is 12.2 Å². The van der Waals surface area contributed by atoms with E-state index in [0.717, 1.165) is 0 Å². The van der Waals surface area contributed by atoms with E-state index in [4.69, 9.17) is 9.84 Å². The lowest BCUT2D eigenvalue weighted by molar-refractivity contribution is 0.193. The van der Waals surface area contributed by atoms with Gasteiger partial charge < -0.3 is 9.84 Å². The number of aliphatic hydroxyl groups excluding tert-OH is 1. The molecule has 0 amide bonds. The van der Waals surface area contributed by atoms with Gasteiger partial charge in [-0.1, -0.05) is 12.1 Å². The standard InChI is InChI=1S/C9H11FO2/c1-6(11)7-4-3-5-8(12-2)9(7)10/h3-6,11H,1-2H3. The Bertz CT molecular complexity index is 271. The average Bonchev–Trinajstić information content (AvgIpc) is 2.04. The molecule has 66 valence electrons. The van der Waals surface area contributed by atoms with Gasteiger partial charge in [0.15, 0.2) is 11.6 Å². The first-order valence-corrected chi connectivity index (χ1v) is 3.67. The van der Waals surface area contributed by atoms with E-state index in [1.54, 1.807) is 6.07 Å². The summed E-state index contributed by atoms with van der Waals surface area (Å²) in [5.41, 5.74) is 0.259. The van der Waals surface area contributed by atoms with E-state index in [2.05, 4.69) is 0 Å². The Labute approximate surface area is 70.6 Å². The number of benzene rings is 1. The molecule has 0 aliphatic heterocycles. The fraction of sp³-hybridized carbons (Fsp3) is 0.333. The predicted octanol–water partition coefficient (Wildman–Crippen LogP) is 1.89. The van der Waals surface area contributed by atoms with Gasteiger partial charge in [-0.3, -0.25) is 0 Å².